The van der Waals surface area contributed by atoms with Crippen LogP contribution in [0.25, 0.3) is 0 Å². The molecule has 11 heteroatoms. The highest BCUT2D eigenvalue weighted by atomic mass is 32.2. The Morgan fingerprint density at radius 3 is 2.38 bits per heavy atom. The summed E-state index contributed by atoms with van der Waals surface area (Å²) in [6.07, 6.45) is -4.12. The zero-order valence-electron chi connectivity index (χ0n) is 17.3. The number of carbonyl (C=O) groups is 1. The van der Waals surface area contributed by atoms with Crippen molar-refractivity contribution in [1.82, 2.24) is 0 Å². The molecule has 0 saturated carbocycles. The van der Waals surface area contributed by atoms with Crippen molar-refractivity contribution in [2.45, 2.75) is 24.4 Å². The molecule has 1 fully saturated rings. The second-order valence-electron chi connectivity index (χ2n) is 7.65. The summed E-state index contributed by atoms with van der Waals surface area (Å²) in [4.78, 5) is 15.0. The first-order valence-electron chi connectivity index (χ1n) is 10.0. The summed E-state index contributed by atoms with van der Waals surface area (Å²) >= 11 is 0. The van der Waals surface area contributed by atoms with Crippen LogP contribution in [0.2, 0.25) is 0 Å². The topological polar surface area (TPSA) is 79.0 Å². The Hall–Kier alpha value is -2.79. The lowest BCUT2D eigenvalue weighted by molar-refractivity contribution is -0.137. The minimum Gasteiger partial charge on any atom is -0.378 e. The van der Waals surface area contributed by atoms with Gasteiger partial charge in [-0.1, -0.05) is 0 Å². The molecular weight excluding hydrogens is 447 g/mol. The number of halogens is 3. The van der Waals surface area contributed by atoms with Gasteiger partial charge in [0.05, 0.1) is 35.0 Å². The highest BCUT2D eigenvalue weighted by Crippen LogP contribution is 2.37. The summed E-state index contributed by atoms with van der Waals surface area (Å²) < 4.78 is 73.7. The Morgan fingerprint density at radius 1 is 1.03 bits per heavy atom. The second kappa shape index (κ2) is 8.28. The standard InChI is InChI=1S/C21H22F3N3O4S/c1-14(28)27-7-6-15-12-17(3-5-19(15)27)32(29,30)25-18-13-16(21(22,23)24)2-4-20(18)26-8-10-31-11-9-26/h2-5,12-13,25H,6-11H2,1H3. The number of benzene rings is 2. The van der Waals surface area contributed by atoms with E-state index < -0.39 is 21.8 Å². The third kappa shape index (κ3) is 4.40. The number of morpholine rings is 1. The number of rotatable bonds is 4. The van der Waals surface area contributed by atoms with Gasteiger partial charge in [-0.15, -0.1) is 0 Å². The molecule has 2 heterocycles. The minimum atomic E-state index is -4.62. The van der Waals surface area contributed by atoms with Crippen molar-refractivity contribution in [1.29, 1.82) is 0 Å². The first-order valence-corrected chi connectivity index (χ1v) is 11.5. The fourth-order valence-electron chi connectivity index (χ4n) is 3.95. The quantitative estimate of drug-likeness (QED) is 0.744. The Morgan fingerprint density at radius 2 is 1.72 bits per heavy atom. The molecule has 4 rings (SSSR count). The van der Waals surface area contributed by atoms with Gasteiger partial charge in [-0.05, 0) is 48.4 Å². The monoisotopic (exact) mass is 469 g/mol. The normalized spacial score (nSPS) is 16.8. The lowest BCUT2D eigenvalue weighted by atomic mass is 10.1. The van der Waals surface area contributed by atoms with Gasteiger partial charge >= 0.3 is 6.18 Å². The smallest absolute Gasteiger partial charge is 0.378 e. The van der Waals surface area contributed by atoms with Crippen LogP contribution in [-0.2, 0) is 32.2 Å². The summed E-state index contributed by atoms with van der Waals surface area (Å²) in [7, 11) is -4.17. The predicted molar refractivity (Wildman–Crippen MR) is 113 cm³/mol. The minimum absolute atomic E-state index is 0.0769. The van der Waals surface area contributed by atoms with Gasteiger partial charge in [-0.2, -0.15) is 13.2 Å². The zero-order valence-corrected chi connectivity index (χ0v) is 18.1. The van der Waals surface area contributed by atoms with E-state index in [1.165, 1.54) is 25.1 Å². The van der Waals surface area contributed by atoms with Crippen LogP contribution < -0.4 is 14.5 Å². The number of hydrogen-bond donors (Lipinski definition) is 1. The van der Waals surface area contributed by atoms with E-state index in [9.17, 15) is 26.4 Å². The van der Waals surface area contributed by atoms with Gasteiger partial charge in [-0.3, -0.25) is 9.52 Å². The van der Waals surface area contributed by atoms with E-state index in [0.717, 1.165) is 12.1 Å². The molecule has 7 nitrogen and oxygen atoms in total. The summed E-state index contributed by atoms with van der Waals surface area (Å²) in [5.41, 5.74) is 0.602. The van der Waals surface area contributed by atoms with Crippen molar-refractivity contribution in [3.8, 4) is 0 Å². The van der Waals surface area contributed by atoms with Crippen LogP contribution in [0.5, 0.6) is 0 Å². The summed E-state index contributed by atoms with van der Waals surface area (Å²) in [6.45, 7) is 3.54. The number of anilines is 3. The van der Waals surface area contributed by atoms with Crippen molar-refractivity contribution >= 4 is 33.0 Å². The first-order chi connectivity index (χ1) is 15.1. The molecule has 0 atom stereocenters. The van der Waals surface area contributed by atoms with Gasteiger partial charge in [0.25, 0.3) is 10.0 Å². The lowest BCUT2D eigenvalue weighted by Crippen LogP contribution is -2.36. The average molecular weight is 469 g/mol. The lowest BCUT2D eigenvalue weighted by Gasteiger charge is -2.31. The first kappa shape index (κ1) is 22.4. The van der Waals surface area contributed by atoms with Crippen LogP contribution in [-0.4, -0.2) is 47.2 Å². The van der Waals surface area contributed by atoms with E-state index in [0.29, 0.717) is 56.2 Å². The van der Waals surface area contributed by atoms with Crippen LogP contribution in [0.4, 0.5) is 30.2 Å². The Kier molecular flexibility index (Phi) is 5.80. The zero-order chi connectivity index (χ0) is 23.1. The van der Waals surface area contributed by atoms with Gasteiger partial charge in [0.2, 0.25) is 5.91 Å². The maximum Gasteiger partial charge on any atom is 0.416 e. The molecule has 1 N–H and O–H groups in total. The SMILES string of the molecule is CC(=O)N1CCc2cc(S(=O)(=O)Nc3cc(C(F)(F)F)ccc3N3CCOCC3)ccc21. The van der Waals surface area contributed by atoms with Crippen LogP contribution >= 0.6 is 0 Å². The molecule has 0 aromatic heterocycles. The van der Waals surface area contributed by atoms with E-state index in [-0.39, 0.29) is 16.5 Å². The van der Waals surface area contributed by atoms with Gasteiger partial charge in [0, 0.05) is 32.2 Å². The maximum absolute atomic E-state index is 13.3. The van der Waals surface area contributed by atoms with Crippen molar-refractivity contribution in [2.24, 2.45) is 0 Å². The molecule has 2 aliphatic rings. The average Bonchev–Trinajstić information content (AvgIpc) is 3.17. The molecule has 2 aromatic rings. The Labute approximate surface area is 183 Å². The van der Waals surface area contributed by atoms with E-state index >= 15 is 0 Å². The number of fused-ring (bicyclic) bond motifs is 1. The van der Waals surface area contributed by atoms with Gasteiger partial charge in [-0.25, -0.2) is 8.42 Å². The predicted octanol–water partition coefficient (Wildman–Crippen LogP) is 3.25. The molecule has 1 saturated heterocycles. The van der Waals surface area contributed by atoms with Crippen LogP contribution in [0, 0.1) is 0 Å². The van der Waals surface area contributed by atoms with E-state index in [1.54, 1.807) is 15.9 Å². The van der Waals surface area contributed by atoms with Crippen molar-refractivity contribution in [3.63, 3.8) is 0 Å². The van der Waals surface area contributed by atoms with Crippen molar-refractivity contribution in [3.05, 3.63) is 47.5 Å². The Balaban J connectivity index is 1.70. The van der Waals surface area contributed by atoms with Gasteiger partial charge in [0.1, 0.15) is 0 Å². The second-order valence-corrected chi connectivity index (χ2v) is 9.33. The molecule has 0 aliphatic carbocycles. The molecule has 0 spiro atoms. The molecular formula is C21H22F3N3O4S. The van der Waals surface area contributed by atoms with Crippen molar-refractivity contribution < 1.29 is 31.1 Å². The fraction of sp³-hybridized carbons (Fsp3) is 0.381. The number of sulfonamides is 1. The number of nitrogens with zero attached hydrogens (tertiary/aromatic N) is 2. The van der Waals surface area contributed by atoms with E-state index in [1.807, 2.05) is 0 Å². The van der Waals surface area contributed by atoms with E-state index in [2.05, 4.69) is 4.72 Å². The van der Waals surface area contributed by atoms with Crippen LogP contribution in [0.1, 0.15) is 18.1 Å². The summed E-state index contributed by atoms with van der Waals surface area (Å²) in [5, 5.41) is 0. The molecule has 0 radical (unpaired) electrons. The number of amides is 1. The molecule has 0 bridgehead atoms. The molecule has 2 aliphatic heterocycles. The number of ether oxygens (including phenoxy) is 1. The van der Waals surface area contributed by atoms with Crippen LogP contribution in [0.15, 0.2) is 41.3 Å². The number of carbonyl (C=O) groups excluding carboxylic acids is 1. The highest BCUT2D eigenvalue weighted by Gasteiger charge is 2.32. The molecule has 32 heavy (non-hydrogen) atoms. The Bertz CT molecular complexity index is 1150. The van der Waals surface area contributed by atoms with Gasteiger partial charge < -0.3 is 14.5 Å². The summed E-state index contributed by atoms with van der Waals surface area (Å²) in [5.74, 6) is -0.142. The fourth-order valence-corrected chi connectivity index (χ4v) is 5.07. The largest absolute Gasteiger partial charge is 0.416 e. The third-order valence-corrected chi connectivity index (χ3v) is 6.92. The third-order valence-electron chi connectivity index (χ3n) is 5.56. The summed E-state index contributed by atoms with van der Waals surface area (Å²) in [6, 6.07) is 7.39. The van der Waals surface area contributed by atoms with Gasteiger partial charge in [0.15, 0.2) is 0 Å². The number of nitrogens with one attached hydrogen (secondary N) is 1. The van der Waals surface area contributed by atoms with Crippen LogP contribution in [0.3, 0.4) is 0 Å². The van der Waals surface area contributed by atoms with E-state index in [4.69, 9.17) is 4.74 Å². The van der Waals surface area contributed by atoms with Crippen molar-refractivity contribution in [2.75, 3.05) is 47.4 Å². The molecule has 172 valence electrons. The molecule has 0 unspecified atom stereocenters. The highest BCUT2D eigenvalue weighted by molar-refractivity contribution is 7.92. The molecule has 1 amide bonds. The molecule has 2 aromatic carbocycles. The maximum atomic E-state index is 13.3. The number of alkyl halides is 3. The number of hydrogen-bond acceptors (Lipinski definition) is 5.